The van der Waals surface area contributed by atoms with Gasteiger partial charge in [0.1, 0.15) is 18.1 Å². The molecule has 41 heavy (non-hydrogen) atoms. The van der Waals surface area contributed by atoms with Gasteiger partial charge < -0.3 is 26.2 Å². The van der Waals surface area contributed by atoms with Crippen LogP contribution in [0.15, 0.2) is 60.0 Å². The number of carboxylic acid groups (broad SMARTS) is 1. The first-order chi connectivity index (χ1) is 19.8. The molecule has 0 saturated heterocycles. The fraction of sp³-hybridized carbons (Fsp3) is 0.167. The first-order valence-corrected chi connectivity index (χ1v) is 13.8. The van der Waals surface area contributed by atoms with Crippen molar-refractivity contribution in [3.63, 3.8) is 0 Å². The second-order valence-electron chi connectivity index (χ2n) is 9.36. The summed E-state index contributed by atoms with van der Waals surface area (Å²) in [5.74, 6) is -2.45. The predicted molar refractivity (Wildman–Crippen MR) is 154 cm³/mol. The number of amides is 3. The van der Waals surface area contributed by atoms with Crippen molar-refractivity contribution < 1.29 is 29.0 Å². The van der Waals surface area contributed by atoms with Crippen LogP contribution in [0, 0.1) is 0 Å². The number of primary amides is 1. The Kier molecular flexibility index (Phi) is 7.79. The maximum Gasteiger partial charge on any atom is 0.355 e. The van der Waals surface area contributed by atoms with E-state index >= 15 is 0 Å². The maximum atomic E-state index is 13.7. The molecule has 11 heteroatoms. The number of carbonyl (C=O) groups excluding carboxylic acids is 3. The zero-order chi connectivity index (χ0) is 29.1. The van der Waals surface area contributed by atoms with E-state index in [2.05, 4.69) is 15.6 Å². The average molecular weight is 571 g/mol. The third kappa shape index (κ3) is 5.66. The highest BCUT2D eigenvalue weighted by Crippen LogP contribution is 2.44. The van der Waals surface area contributed by atoms with Gasteiger partial charge in [0.2, 0.25) is 5.91 Å². The average Bonchev–Trinajstić information content (AvgIpc) is 3.46. The Morgan fingerprint density at radius 3 is 2.49 bits per heavy atom. The van der Waals surface area contributed by atoms with Crippen molar-refractivity contribution in [2.24, 2.45) is 5.73 Å². The number of thiophene rings is 1. The number of ether oxygens (including phenoxy) is 1. The zero-order valence-corrected chi connectivity index (χ0v) is 22.8. The molecule has 5 N–H and O–H groups in total. The number of carbonyl (C=O) groups is 4. The van der Waals surface area contributed by atoms with E-state index in [0.717, 1.165) is 23.3 Å². The molecule has 3 amide bonds. The number of rotatable bonds is 9. The summed E-state index contributed by atoms with van der Waals surface area (Å²) >= 11 is 1.51. The molecule has 1 aliphatic rings. The lowest BCUT2D eigenvalue weighted by Crippen LogP contribution is -2.26. The highest BCUT2D eigenvalue weighted by molar-refractivity contribution is 7.13. The van der Waals surface area contributed by atoms with Crippen LogP contribution in [-0.4, -0.2) is 40.3 Å². The normalized spacial score (nSPS) is 11.5. The molecule has 10 nitrogen and oxygen atoms in total. The number of nitrogens with zero attached hydrogens (tertiary/aromatic N) is 1. The lowest BCUT2D eigenvalue weighted by Gasteiger charge is -2.21. The monoisotopic (exact) mass is 570 g/mol. The molecule has 0 unspecified atom stereocenters. The largest absolute Gasteiger partial charge is 0.488 e. The molecular weight excluding hydrogens is 544 g/mol. The highest BCUT2D eigenvalue weighted by Gasteiger charge is 2.27. The van der Waals surface area contributed by atoms with Crippen LogP contribution in [0.3, 0.4) is 0 Å². The van der Waals surface area contributed by atoms with Gasteiger partial charge >= 0.3 is 5.97 Å². The second-order valence-corrected chi connectivity index (χ2v) is 10.3. The molecule has 208 valence electrons. The number of benzene rings is 2. The summed E-state index contributed by atoms with van der Waals surface area (Å²) in [5.41, 5.74) is 7.89. The Morgan fingerprint density at radius 1 is 1.00 bits per heavy atom. The molecule has 1 aliphatic heterocycles. The Morgan fingerprint density at radius 2 is 1.78 bits per heavy atom. The van der Waals surface area contributed by atoms with Crippen molar-refractivity contribution in [1.29, 1.82) is 0 Å². The minimum atomic E-state index is -1.35. The number of pyridine rings is 1. The SMILES string of the molecule is CCCCNC(=O)c1ccc(-c2cc3c(cc2C(=O)Nc2ccc(C(N)=O)cc2)-c2sccc2CO3)c(C(=O)O)n1. The van der Waals surface area contributed by atoms with Gasteiger partial charge in [0.25, 0.3) is 11.8 Å². The van der Waals surface area contributed by atoms with Crippen molar-refractivity contribution in [1.82, 2.24) is 10.3 Å². The number of unbranched alkanes of at least 4 members (excludes halogenated alkanes) is 1. The van der Waals surface area contributed by atoms with Gasteiger partial charge in [0, 0.05) is 50.5 Å². The first kappa shape index (κ1) is 27.5. The van der Waals surface area contributed by atoms with Crippen LogP contribution < -0.4 is 21.1 Å². The summed E-state index contributed by atoms with van der Waals surface area (Å²) in [6, 6.07) is 14.3. The Hall–Kier alpha value is -5.03. The number of carboxylic acids is 1. The minimum absolute atomic E-state index is 0.0415. The van der Waals surface area contributed by atoms with Gasteiger partial charge in [0.05, 0.1) is 0 Å². The molecule has 0 aliphatic carbocycles. The number of anilines is 1. The molecule has 0 saturated carbocycles. The number of aromatic nitrogens is 1. The van der Waals surface area contributed by atoms with Gasteiger partial charge in [-0.05, 0) is 66.4 Å². The molecule has 0 spiro atoms. The highest BCUT2D eigenvalue weighted by atomic mass is 32.1. The van der Waals surface area contributed by atoms with Crippen LogP contribution >= 0.6 is 11.3 Å². The molecule has 0 atom stereocenters. The Balaban J connectivity index is 1.60. The van der Waals surface area contributed by atoms with Gasteiger partial charge in [-0.3, -0.25) is 14.4 Å². The third-order valence-electron chi connectivity index (χ3n) is 6.60. The van der Waals surface area contributed by atoms with Crippen molar-refractivity contribution in [3.05, 3.63) is 88.1 Å². The first-order valence-electron chi connectivity index (χ1n) is 12.9. The summed E-state index contributed by atoms with van der Waals surface area (Å²) in [4.78, 5) is 55.2. The van der Waals surface area contributed by atoms with Crippen LogP contribution in [0.5, 0.6) is 5.75 Å². The number of aromatic carboxylic acids is 1. The van der Waals surface area contributed by atoms with Crippen LogP contribution in [0.2, 0.25) is 0 Å². The molecule has 0 radical (unpaired) electrons. The number of nitrogens with two attached hydrogens (primary N) is 1. The van der Waals surface area contributed by atoms with Crippen molar-refractivity contribution in [3.8, 4) is 27.3 Å². The van der Waals surface area contributed by atoms with Gasteiger partial charge in [-0.1, -0.05) is 13.3 Å². The molecular formula is C30H26N4O6S. The van der Waals surface area contributed by atoms with Crippen LogP contribution in [-0.2, 0) is 6.61 Å². The van der Waals surface area contributed by atoms with E-state index < -0.39 is 23.7 Å². The molecule has 3 heterocycles. The third-order valence-corrected chi connectivity index (χ3v) is 7.59. The standard InChI is InChI=1S/C30H26N4O6S/c1-2-3-11-32-29(37)23-9-8-19(25(34-23)30(38)39)20-14-24-22(26-17(15-40-24)10-12-41-26)13-21(20)28(36)33-18-6-4-16(5-7-18)27(31)35/h4-10,12-14H,2-3,11,15H2,1H3,(H2,31,35)(H,32,37)(H,33,36)(H,38,39). The van der Waals surface area contributed by atoms with Gasteiger partial charge in [0.15, 0.2) is 5.69 Å². The quantitative estimate of drug-likeness (QED) is 0.207. The van der Waals surface area contributed by atoms with Crippen LogP contribution in [0.1, 0.15) is 67.0 Å². The van der Waals surface area contributed by atoms with E-state index in [0.29, 0.717) is 30.2 Å². The number of hydrogen-bond donors (Lipinski definition) is 4. The number of hydrogen-bond acceptors (Lipinski definition) is 7. The Labute approximate surface area is 239 Å². The summed E-state index contributed by atoms with van der Waals surface area (Å²) in [6.07, 6.45) is 1.67. The number of fused-ring (bicyclic) bond motifs is 3. The van der Waals surface area contributed by atoms with Gasteiger partial charge in [-0.25, -0.2) is 9.78 Å². The molecule has 4 aromatic rings. The molecule has 0 fully saturated rings. The van der Waals surface area contributed by atoms with E-state index in [1.54, 1.807) is 24.3 Å². The van der Waals surface area contributed by atoms with Crippen LogP contribution in [0.4, 0.5) is 5.69 Å². The van der Waals surface area contributed by atoms with Gasteiger partial charge in [-0.2, -0.15) is 0 Å². The zero-order valence-electron chi connectivity index (χ0n) is 22.0. The summed E-state index contributed by atoms with van der Waals surface area (Å²) in [6.45, 7) is 2.77. The second kappa shape index (κ2) is 11.6. The molecule has 0 bridgehead atoms. The van der Waals surface area contributed by atoms with E-state index in [9.17, 15) is 24.3 Å². The molecule has 2 aromatic heterocycles. The minimum Gasteiger partial charge on any atom is -0.488 e. The topological polar surface area (TPSA) is 161 Å². The summed E-state index contributed by atoms with van der Waals surface area (Å²) < 4.78 is 5.98. The van der Waals surface area contributed by atoms with E-state index in [-0.39, 0.29) is 33.6 Å². The Bertz CT molecular complexity index is 1680. The lowest BCUT2D eigenvalue weighted by molar-refractivity contribution is 0.0690. The molecule has 5 rings (SSSR count). The van der Waals surface area contributed by atoms with E-state index in [1.807, 2.05) is 18.4 Å². The van der Waals surface area contributed by atoms with Crippen molar-refractivity contribution in [2.75, 3.05) is 11.9 Å². The lowest BCUT2D eigenvalue weighted by atomic mass is 9.92. The van der Waals surface area contributed by atoms with Crippen LogP contribution in [0.25, 0.3) is 21.6 Å². The fourth-order valence-electron chi connectivity index (χ4n) is 4.48. The predicted octanol–water partition coefficient (Wildman–Crippen LogP) is 4.95. The van der Waals surface area contributed by atoms with E-state index in [4.69, 9.17) is 10.5 Å². The molecule has 2 aromatic carbocycles. The summed E-state index contributed by atoms with van der Waals surface area (Å²) in [7, 11) is 0. The van der Waals surface area contributed by atoms with Crippen molar-refractivity contribution in [2.45, 2.75) is 26.4 Å². The fourth-order valence-corrected chi connectivity index (χ4v) is 5.41. The van der Waals surface area contributed by atoms with E-state index in [1.165, 1.54) is 35.6 Å². The summed E-state index contributed by atoms with van der Waals surface area (Å²) in [5, 5.41) is 17.5. The van der Waals surface area contributed by atoms with Crippen molar-refractivity contribution >= 4 is 40.7 Å². The maximum absolute atomic E-state index is 13.7. The smallest absolute Gasteiger partial charge is 0.355 e. The van der Waals surface area contributed by atoms with Gasteiger partial charge in [-0.15, -0.1) is 11.3 Å². The number of nitrogens with one attached hydrogen (secondary N) is 2.